The molecule has 0 N–H and O–H groups in total. The van der Waals surface area contributed by atoms with Crippen LogP contribution in [0.15, 0.2) is 78.9 Å². The lowest BCUT2D eigenvalue weighted by Gasteiger charge is -2.43. The average molecular weight is 376 g/mol. The van der Waals surface area contributed by atoms with Crippen molar-refractivity contribution in [1.29, 1.82) is 5.26 Å². The molecule has 136 valence electrons. The number of benzene rings is 3. The molecule has 0 saturated carbocycles. The van der Waals surface area contributed by atoms with Crippen LogP contribution >= 0.6 is 0 Å². The second-order valence-corrected chi connectivity index (χ2v) is 11.7. The molecule has 0 unspecified atom stereocenters. The highest BCUT2D eigenvalue weighted by atomic mass is 28.4. The molecule has 3 aromatic carbocycles. The van der Waals surface area contributed by atoms with E-state index in [1.54, 1.807) is 6.07 Å². The molecule has 0 heterocycles. The van der Waals surface area contributed by atoms with Crippen molar-refractivity contribution < 1.29 is 8.82 Å². The third-order valence-corrected chi connectivity index (χ3v) is 9.70. The van der Waals surface area contributed by atoms with Gasteiger partial charge in [-0.2, -0.15) is 5.26 Å². The Morgan fingerprint density at radius 3 is 1.78 bits per heavy atom. The number of halogens is 1. The van der Waals surface area contributed by atoms with Crippen LogP contribution in [-0.2, 0) is 0 Å². The molecule has 0 bridgehead atoms. The van der Waals surface area contributed by atoms with Gasteiger partial charge < -0.3 is 4.43 Å². The monoisotopic (exact) mass is 375 g/mol. The molecule has 0 amide bonds. The van der Waals surface area contributed by atoms with Crippen LogP contribution in [0.3, 0.4) is 0 Å². The summed E-state index contributed by atoms with van der Waals surface area (Å²) in [6.07, 6.45) is 0. The summed E-state index contributed by atoms with van der Waals surface area (Å²) in [6, 6.07) is 26.7. The number of rotatable bonds is 4. The van der Waals surface area contributed by atoms with Gasteiger partial charge in [0, 0.05) is 6.07 Å². The lowest BCUT2D eigenvalue weighted by Crippen LogP contribution is -2.68. The number of hydrogen-bond acceptors (Lipinski definition) is 2. The highest BCUT2D eigenvalue weighted by Crippen LogP contribution is 2.37. The van der Waals surface area contributed by atoms with E-state index in [0.29, 0.717) is 5.75 Å². The maximum Gasteiger partial charge on any atom is 0.319 e. The molecule has 0 aliphatic carbocycles. The first kappa shape index (κ1) is 18.9. The molecule has 0 aliphatic rings. The second-order valence-electron chi connectivity index (χ2n) is 7.52. The number of nitrogens with zero attached hydrogens (tertiary/aromatic N) is 1. The summed E-state index contributed by atoms with van der Waals surface area (Å²) in [5, 5.41) is 11.0. The number of nitriles is 1. The summed E-state index contributed by atoms with van der Waals surface area (Å²) in [7, 11) is -2.79. The molecule has 0 saturated heterocycles. The zero-order chi connectivity index (χ0) is 19.5. The zero-order valence-electron chi connectivity index (χ0n) is 15.7. The fraction of sp³-hybridized carbons (Fsp3) is 0.174. The van der Waals surface area contributed by atoms with E-state index in [1.807, 2.05) is 42.5 Å². The van der Waals surface area contributed by atoms with E-state index < -0.39 is 14.1 Å². The van der Waals surface area contributed by atoms with Crippen LogP contribution < -0.4 is 14.8 Å². The Balaban J connectivity index is 2.24. The molecule has 4 heteroatoms. The second kappa shape index (κ2) is 7.38. The third kappa shape index (κ3) is 3.51. The molecule has 0 aliphatic heterocycles. The van der Waals surface area contributed by atoms with E-state index in [4.69, 9.17) is 9.69 Å². The van der Waals surface area contributed by atoms with Crippen LogP contribution in [0.5, 0.6) is 5.75 Å². The molecule has 0 fully saturated rings. The van der Waals surface area contributed by atoms with Gasteiger partial charge in [0.25, 0.3) is 0 Å². The predicted molar refractivity (Wildman–Crippen MR) is 109 cm³/mol. The van der Waals surface area contributed by atoms with Gasteiger partial charge in [-0.05, 0) is 27.5 Å². The first-order valence-electron chi connectivity index (χ1n) is 8.88. The third-order valence-electron chi connectivity index (χ3n) is 4.75. The fourth-order valence-corrected chi connectivity index (χ4v) is 7.89. The first-order valence-corrected chi connectivity index (χ1v) is 10.8. The highest BCUT2D eigenvalue weighted by Gasteiger charge is 2.52. The molecule has 3 aromatic rings. The summed E-state index contributed by atoms with van der Waals surface area (Å²) in [5.74, 6) is -0.117. The van der Waals surface area contributed by atoms with E-state index in [2.05, 4.69) is 45.0 Å². The van der Waals surface area contributed by atoms with Crippen molar-refractivity contribution in [3.05, 3.63) is 90.2 Å². The summed E-state index contributed by atoms with van der Waals surface area (Å²) >= 11 is 0. The zero-order valence-corrected chi connectivity index (χ0v) is 16.7. The Hall–Kier alpha value is -2.90. The van der Waals surface area contributed by atoms with Gasteiger partial charge in [0.15, 0.2) is 0 Å². The van der Waals surface area contributed by atoms with Crippen LogP contribution in [-0.4, -0.2) is 8.32 Å². The van der Waals surface area contributed by atoms with Crippen molar-refractivity contribution >= 4 is 18.7 Å². The van der Waals surface area contributed by atoms with Gasteiger partial charge in [-0.15, -0.1) is 0 Å². The largest absolute Gasteiger partial charge is 0.534 e. The van der Waals surface area contributed by atoms with E-state index in [0.717, 1.165) is 10.4 Å². The SMILES string of the molecule is CC(C)(C)[Si](Oc1ccc(C#N)c(F)c1)(c1ccccc1)c1ccccc1. The first-order chi connectivity index (χ1) is 12.9. The summed E-state index contributed by atoms with van der Waals surface area (Å²) < 4.78 is 20.9. The van der Waals surface area contributed by atoms with Crippen LogP contribution in [0.2, 0.25) is 5.04 Å². The average Bonchev–Trinajstić information content (AvgIpc) is 2.66. The Morgan fingerprint density at radius 1 is 0.852 bits per heavy atom. The Kier molecular flexibility index (Phi) is 5.16. The Morgan fingerprint density at radius 2 is 1.37 bits per heavy atom. The predicted octanol–water partition coefficient (Wildman–Crippen LogP) is 4.64. The van der Waals surface area contributed by atoms with Gasteiger partial charge >= 0.3 is 8.32 Å². The smallest absolute Gasteiger partial charge is 0.319 e. The van der Waals surface area contributed by atoms with Gasteiger partial charge in [0.2, 0.25) is 0 Å². The molecule has 0 atom stereocenters. The summed E-state index contributed by atoms with van der Waals surface area (Å²) in [4.78, 5) is 0. The van der Waals surface area contributed by atoms with Gasteiger partial charge in [0.05, 0.1) is 5.56 Å². The van der Waals surface area contributed by atoms with E-state index >= 15 is 0 Å². The normalized spacial score (nSPS) is 11.7. The fourth-order valence-electron chi connectivity index (χ4n) is 3.48. The topological polar surface area (TPSA) is 33.0 Å². The van der Waals surface area contributed by atoms with Gasteiger partial charge in [-0.25, -0.2) is 4.39 Å². The van der Waals surface area contributed by atoms with Gasteiger partial charge in [0.1, 0.15) is 17.6 Å². The van der Waals surface area contributed by atoms with Crippen molar-refractivity contribution in [2.75, 3.05) is 0 Å². The Labute approximate surface area is 161 Å². The van der Waals surface area contributed by atoms with Crippen LogP contribution in [0.25, 0.3) is 0 Å². The summed E-state index contributed by atoms with van der Waals surface area (Å²) in [6.45, 7) is 6.50. The maximum absolute atomic E-state index is 14.2. The van der Waals surface area contributed by atoms with E-state index in [1.165, 1.54) is 12.1 Å². The van der Waals surface area contributed by atoms with Crippen LogP contribution in [0.4, 0.5) is 4.39 Å². The van der Waals surface area contributed by atoms with Crippen molar-refractivity contribution in [3.63, 3.8) is 0 Å². The Bertz CT molecular complexity index is 920. The van der Waals surface area contributed by atoms with Crippen molar-refractivity contribution in [3.8, 4) is 11.8 Å². The van der Waals surface area contributed by atoms with Crippen molar-refractivity contribution in [1.82, 2.24) is 0 Å². The summed E-state index contributed by atoms with van der Waals surface area (Å²) in [5.41, 5.74) is 0.0183. The van der Waals surface area contributed by atoms with Crippen molar-refractivity contribution in [2.24, 2.45) is 0 Å². The lowest BCUT2D eigenvalue weighted by molar-refractivity contribution is 0.502. The molecule has 2 nitrogen and oxygen atoms in total. The standard InChI is InChI=1S/C23H22FNOSi/c1-23(2,3)27(20-10-6-4-7-11-20,21-12-8-5-9-13-21)26-19-15-14-18(17-25)22(24)16-19/h4-16H,1-3H3. The number of hydrogen-bond donors (Lipinski definition) is 0. The van der Waals surface area contributed by atoms with Crippen LogP contribution in [0.1, 0.15) is 26.3 Å². The van der Waals surface area contributed by atoms with E-state index in [9.17, 15) is 4.39 Å². The van der Waals surface area contributed by atoms with Gasteiger partial charge in [-0.3, -0.25) is 0 Å². The van der Waals surface area contributed by atoms with Crippen molar-refractivity contribution in [2.45, 2.75) is 25.8 Å². The molecule has 0 aromatic heterocycles. The minimum Gasteiger partial charge on any atom is -0.534 e. The lowest BCUT2D eigenvalue weighted by atomic mass is 10.2. The van der Waals surface area contributed by atoms with Gasteiger partial charge in [-0.1, -0.05) is 81.4 Å². The van der Waals surface area contributed by atoms with E-state index in [-0.39, 0.29) is 10.6 Å². The molecular weight excluding hydrogens is 353 g/mol. The maximum atomic E-state index is 14.2. The minimum absolute atomic E-state index is 0.0183. The molecule has 0 radical (unpaired) electrons. The minimum atomic E-state index is -2.79. The molecular formula is C23H22FNOSi. The highest BCUT2D eigenvalue weighted by molar-refractivity contribution is 7.00. The quantitative estimate of drug-likeness (QED) is 0.623. The molecule has 27 heavy (non-hydrogen) atoms. The molecule has 3 rings (SSSR count). The molecule has 0 spiro atoms. The van der Waals surface area contributed by atoms with Crippen LogP contribution in [0, 0.1) is 17.1 Å².